The lowest BCUT2D eigenvalue weighted by Crippen LogP contribution is -2.30. The zero-order chi connectivity index (χ0) is 15.0. The highest BCUT2D eigenvalue weighted by atomic mass is 16.6. The van der Waals surface area contributed by atoms with E-state index in [-0.39, 0.29) is 22.3 Å². The fraction of sp³-hybridized carbons (Fsp3) is 0.250. The molecule has 3 rings (SSSR count). The number of fused-ring (bicyclic) bond motifs is 1. The Morgan fingerprint density at radius 3 is 2.86 bits per heavy atom. The summed E-state index contributed by atoms with van der Waals surface area (Å²) in [6.45, 7) is 1.58. The summed E-state index contributed by atoms with van der Waals surface area (Å²) in [6, 6.07) is 12.2. The summed E-state index contributed by atoms with van der Waals surface area (Å²) in [4.78, 5) is 12.7. The van der Waals surface area contributed by atoms with Gasteiger partial charge in [0.25, 0.3) is 5.69 Å². The molecule has 2 aromatic carbocycles. The van der Waals surface area contributed by atoms with Crippen LogP contribution in [0.15, 0.2) is 42.5 Å². The molecule has 1 N–H and O–H groups in total. The molecule has 5 heteroatoms. The average molecular weight is 284 g/mol. The number of nitro benzene ring substituents is 1. The van der Waals surface area contributed by atoms with Gasteiger partial charge in [-0.3, -0.25) is 10.1 Å². The van der Waals surface area contributed by atoms with Gasteiger partial charge in [0.2, 0.25) is 0 Å². The van der Waals surface area contributed by atoms with Gasteiger partial charge in [0.1, 0.15) is 5.75 Å². The van der Waals surface area contributed by atoms with Gasteiger partial charge < -0.3 is 10.0 Å². The number of hydrogen-bond donors (Lipinski definition) is 1. The molecule has 2 aromatic rings. The van der Waals surface area contributed by atoms with E-state index in [2.05, 4.69) is 4.90 Å². The lowest BCUT2D eigenvalue weighted by atomic mass is 9.84. The molecule has 0 fully saturated rings. The first kappa shape index (κ1) is 13.6. The van der Waals surface area contributed by atoms with Crippen LogP contribution in [0.25, 0.3) is 0 Å². The zero-order valence-electron chi connectivity index (χ0n) is 11.7. The Balaban J connectivity index is 2.07. The molecule has 0 spiro atoms. The van der Waals surface area contributed by atoms with Gasteiger partial charge >= 0.3 is 0 Å². The molecule has 0 amide bonds. The van der Waals surface area contributed by atoms with Gasteiger partial charge in [0.15, 0.2) is 0 Å². The molecule has 1 unspecified atom stereocenters. The molecular formula is C16H16N2O3. The summed E-state index contributed by atoms with van der Waals surface area (Å²) in [6.07, 6.45) is 0. The third-order valence-corrected chi connectivity index (χ3v) is 3.92. The summed E-state index contributed by atoms with van der Waals surface area (Å²) in [7, 11) is 2.01. The normalized spacial score (nSPS) is 18.2. The lowest BCUT2D eigenvalue weighted by molar-refractivity contribution is -0.384. The Labute approximate surface area is 122 Å². The molecule has 0 aliphatic carbocycles. The van der Waals surface area contributed by atoms with Crippen molar-refractivity contribution < 1.29 is 10.0 Å². The smallest absolute Gasteiger partial charge is 0.269 e. The topological polar surface area (TPSA) is 66.6 Å². The van der Waals surface area contributed by atoms with E-state index in [0.29, 0.717) is 0 Å². The number of non-ortho nitro benzene ring substituents is 1. The van der Waals surface area contributed by atoms with E-state index in [0.717, 1.165) is 29.8 Å². The van der Waals surface area contributed by atoms with Crippen molar-refractivity contribution in [1.29, 1.82) is 0 Å². The van der Waals surface area contributed by atoms with E-state index in [4.69, 9.17) is 0 Å². The number of phenols is 1. The van der Waals surface area contributed by atoms with E-state index < -0.39 is 0 Å². The molecule has 1 atom stereocenters. The summed E-state index contributed by atoms with van der Waals surface area (Å²) in [5.41, 5.74) is 3.25. The molecule has 108 valence electrons. The molecule has 0 saturated heterocycles. The Bertz CT molecular complexity index is 700. The number of hydrogen-bond acceptors (Lipinski definition) is 4. The number of aromatic hydroxyl groups is 1. The number of benzene rings is 2. The minimum atomic E-state index is -0.367. The van der Waals surface area contributed by atoms with Gasteiger partial charge in [-0.05, 0) is 35.9 Å². The number of phenolic OH excluding ortho intramolecular Hbond substituents is 1. The van der Waals surface area contributed by atoms with E-state index in [1.54, 1.807) is 24.3 Å². The molecule has 0 bridgehead atoms. The van der Waals surface area contributed by atoms with E-state index >= 15 is 0 Å². The van der Waals surface area contributed by atoms with Gasteiger partial charge in [-0.25, -0.2) is 0 Å². The monoisotopic (exact) mass is 284 g/mol. The van der Waals surface area contributed by atoms with Crippen LogP contribution in [0.3, 0.4) is 0 Å². The Morgan fingerprint density at radius 2 is 2.10 bits per heavy atom. The lowest BCUT2D eigenvalue weighted by Gasteiger charge is -2.32. The van der Waals surface area contributed by atoms with Crippen LogP contribution in [0.2, 0.25) is 0 Å². The number of likely N-dealkylation sites (N-methyl/N-ethyl adjacent to an activating group) is 1. The van der Waals surface area contributed by atoms with Crippen LogP contribution in [0.5, 0.6) is 5.75 Å². The number of nitro groups is 1. The van der Waals surface area contributed by atoms with Crippen molar-refractivity contribution in [3.8, 4) is 5.75 Å². The van der Waals surface area contributed by atoms with Crippen molar-refractivity contribution in [3.63, 3.8) is 0 Å². The van der Waals surface area contributed by atoms with Gasteiger partial charge in [-0.15, -0.1) is 0 Å². The second kappa shape index (κ2) is 5.18. The molecule has 0 saturated carbocycles. The van der Waals surface area contributed by atoms with Gasteiger partial charge in [-0.1, -0.05) is 18.2 Å². The maximum Gasteiger partial charge on any atom is 0.269 e. The molecule has 0 radical (unpaired) electrons. The van der Waals surface area contributed by atoms with Crippen LogP contribution in [0, 0.1) is 10.1 Å². The van der Waals surface area contributed by atoms with Crippen molar-refractivity contribution >= 4 is 5.69 Å². The van der Waals surface area contributed by atoms with Crippen LogP contribution in [-0.4, -0.2) is 28.5 Å². The Kier molecular flexibility index (Phi) is 3.35. The highest BCUT2D eigenvalue weighted by molar-refractivity contribution is 5.46. The number of nitrogens with zero attached hydrogens (tertiary/aromatic N) is 2. The highest BCUT2D eigenvalue weighted by Crippen LogP contribution is 2.35. The van der Waals surface area contributed by atoms with Crippen molar-refractivity contribution in [2.45, 2.75) is 12.5 Å². The minimum absolute atomic E-state index is 0.0826. The van der Waals surface area contributed by atoms with Crippen LogP contribution in [-0.2, 0) is 6.54 Å². The molecule has 1 heterocycles. The minimum Gasteiger partial charge on any atom is -0.508 e. The van der Waals surface area contributed by atoms with Gasteiger partial charge in [-0.2, -0.15) is 0 Å². The largest absolute Gasteiger partial charge is 0.508 e. The summed E-state index contributed by atoms with van der Waals surface area (Å²) in [5, 5.41) is 20.6. The second-order valence-electron chi connectivity index (χ2n) is 5.48. The maximum absolute atomic E-state index is 11.0. The molecule has 21 heavy (non-hydrogen) atoms. The van der Waals surface area contributed by atoms with E-state index in [1.165, 1.54) is 6.07 Å². The number of rotatable bonds is 2. The van der Waals surface area contributed by atoms with Crippen LogP contribution < -0.4 is 0 Å². The fourth-order valence-corrected chi connectivity index (χ4v) is 2.97. The summed E-state index contributed by atoms with van der Waals surface area (Å²) >= 11 is 0. The highest BCUT2D eigenvalue weighted by Gasteiger charge is 2.26. The predicted octanol–water partition coefficient (Wildman–Crippen LogP) is 2.88. The fourth-order valence-electron chi connectivity index (χ4n) is 2.97. The van der Waals surface area contributed by atoms with Crippen LogP contribution in [0.1, 0.15) is 22.6 Å². The Morgan fingerprint density at radius 1 is 1.29 bits per heavy atom. The second-order valence-corrected chi connectivity index (χ2v) is 5.48. The molecular weight excluding hydrogens is 268 g/mol. The summed E-state index contributed by atoms with van der Waals surface area (Å²) in [5.74, 6) is 0.334. The predicted molar refractivity (Wildman–Crippen MR) is 79.4 cm³/mol. The van der Waals surface area contributed by atoms with Crippen LogP contribution in [0.4, 0.5) is 5.69 Å². The van der Waals surface area contributed by atoms with Crippen LogP contribution >= 0.6 is 0 Å². The van der Waals surface area contributed by atoms with E-state index in [1.807, 2.05) is 19.2 Å². The average Bonchev–Trinajstić information content (AvgIpc) is 2.46. The molecule has 5 nitrogen and oxygen atoms in total. The standard InChI is InChI=1S/C16H16N2O3/c1-17-9-12-8-14(19)5-6-15(12)16(10-17)11-3-2-4-13(7-11)18(20)21/h2-8,16,19H,9-10H2,1H3. The van der Waals surface area contributed by atoms with Crippen molar-refractivity contribution in [3.05, 3.63) is 69.3 Å². The third-order valence-electron chi connectivity index (χ3n) is 3.92. The first-order valence-corrected chi connectivity index (χ1v) is 6.79. The molecule has 1 aliphatic heterocycles. The quantitative estimate of drug-likeness (QED) is 0.680. The first-order chi connectivity index (χ1) is 10.0. The van der Waals surface area contributed by atoms with Crippen molar-refractivity contribution in [2.24, 2.45) is 0 Å². The Hall–Kier alpha value is -2.40. The molecule has 1 aliphatic rings. The SMILES string of the molecule is CN1Cc2cc(O)ccc2C(c2cccc([N+](=O)[O-])c2)C1. The van der Waals surface area contributed by atoms with Gasteiger partial charge in [0.05, 0.1) is 4.92 Å². The first-order valence-electron chi connectivity index (χ1n) is 6.79. The van der Waals surface area contributed by atoms with Gasteiger partial charge in [0, 0.05) is 31.1 Å². The maximum atomic E-state index is 11.0. The summed E-state index contributed by atoms with van der Waals surface area (Å²) < 4.78 is 0. The van der Waals surface area contributed by atoms with Crippen molar-refractivity contribution in [2.75, 3.05) is 13.6 Å². The third kappa shape index (κ3) is 2.60. The van der Waals surface area contributed by atoms with E-state index in [9.17, 15) is 15.2 Å². The molecule has 0 aromatic heterocycles. The zero-order valence-corrected chi connectivity index (χ0v) is 11.7. The van der Waals surface area contributed by atoms with Crippen molar-refractivity contribution in [1.82, 2.24) is 4.90 Å².